The maximum absolute atomic E-state index is 11.7. The predicted octanol–water partition coefficient (Wildman–Crippen LogP) is 2.41. The van der Waals surface area contributed by atoms with E-state index < -0.39 is 0 Å². The Morgan fingerprint density at radius 1 is 1.06 bits per heavy atom. The topological polar surface area (TPSA) is 46.6 Å². The third kappa shape index (κ3) is 9.16. The number of nitrogens with zero attached hydrogens (tertiary/aromatic N) is 1. The summed E-state index contributed by atoms with van der Waals surface area (Å²) in [7, 11) is 1.81. The van der Waals surface area contributed by atoms with E-state index >= 15 is 0 Å². The van der Waals surface area contributed by atoms with E-state index in [1.54, 1.807) is 4.90 Å². The number of hydrogen-bond acceptors (Lipinski definition) is 3. The summed E-state index contributed by atoms with van der Waals surface area (Å²) in [6, 6.07) is 0. The quantitative estimate of drug-likeness (QED) is 0.534. The summed E-state index contributed by atoms with van der Waals surface area (Å²) >= 11 is 0. The summed E-state index contributed by atoms with van der Waals surface area (Å²) in [5.41, 5.74) is 0. The van der Waals surface area contributed by atoms with Crippen molar-refractivity contribution < 1.29 is 14.3 Å². The fourth-order valence-corrected chi connectivity index (χ4v) is 1.61. The van der Waals surface area contributed by atoms with Crippen LogP contribution in [0.15, 0.2) is 0 Å². The zero-order chi connectivity index (χ0) is 13.8. The molecule has 0 aromatic heterocycles. The van der Waals surface area contributed by atoms with E-state index in [1.165, 1.54) is 0 Å². The second-order valence-electron chi connectivity index (χ2n) is 4.47. The zero-order valence-corrected chi connectivity index (χ0v) is 12.0. The van der Waals surface area contributed by atoms with Crippen LogP contribution in [0.25, 0.3) is 0 Å². The van der Waals surface area contributed by atoms with Crippen LogP contribution in [0.3, 0.4) is 0 Å². The first-order chi connectivity index (χ1) is 8.61. The highest BCUT2D eigenvalue weighted by Gasteiger charge is 2.07. The Morgan fingerprint density at radius 2 is 1.72 bits per heavy atom. The van der Waals surface area contributed by atoms with Gasteiger partial charge in [-0.15, -0.1) is 0 Å². The Kier molecular flexibility index (Phi) is 10.6. The van der Waals surface area contributed by atoms with Crippen molar-refractivity contribution in [2.24, 2.45) is 0 Å². The molecule has 0 fully saturated rings. The molecular formula is C14H27NO3. The lowest BCUT2D eigenvalue weighted by molar-refractivity contribution is -0.130. The standard InChI is InChI=1S/C14H27NO3/c1-4-13(16)9-7-6-8-10-14(17)15(3)11-12-18-5-2/h4-12H2,1-3H3. The van der Waals surface area contributed by atoms with Crippen LogP contribution in [0.5, 0.6) is 0 Å². The summed E-state index contributed by atoms with van der Waals surface area (Å²) in [4.78, 5) is 24.5. The molecule has 0 aliphatic carbocycles. The summed E-state index contributed by atoms with van der Waals surface area (Å²) in [6.45, 7) is 5.77. The van der Waals surface area contributed by atoms with E-state index in [0.717, 1.165) is 19.3 Å². The molecule has 0 bridgehead atoms. The van der Waals surface area contributed by atoms with Crippen LogP contribution >= 0.6 is 0 Å². The van der Waals surface area contributed by atoms with Crippen molar-refractivity contribution in [1.29, 1.82) is 0 Å². The number of amides is 1. The molecule has 106 valence electrons. The lowest BCUT2D eigenvalue weighted by Crippen LogP contribution is -2.29. The fourth-order valence-electron chi connectivity index (χ4n) is 1.61. The van der Waals surface area contributed by atoms with Crippen LogP contribution in [0.4, 0.5) is 0 Å². The van der Waals surface area contributed by atoms with Crippen LogP contribution in [0.1, 0.15) is 52.4 Å². The first-order valence-electron chi connectivity index (χ1n) is 6.95. The fraction of sp³-hybridized carbons (Fsp3) is 0.857. The van der Waals surface area contributed by atoms with Gasteiger partial charge in [-0.3, -0.25) is 9.59 Å². The minimum absolute atomic E-state index is 0.163. The highest BCUT2D eigenvalue weighted by Crippen LogP contribution is 2.06. The molecule has 0 radical (unpaired) electrons. The monoisotopic (exact) mass is 257 g/mol. The van der Waals surface area contributed by atoms with E-state index in [0.29, 0.717) is 44.8 Å². The Morgan fingerprint density at radius 3 is 2.33 bits per heavy atom. The van der Waals surface area contributed by atoms with Gasteiger partial charge in [0.2, 0.25) is 5.91 Å². The van der Waals surface area contributed by atoms with Crippen LogP contribution in [0.2, 0.25) is 0 Å². The molecule has 4 nitrogen and oxygen atoms in total. The maximum atomic E-state index is 11.7. The first kappa shape index (κ1) is 17.1. The van der Waals surface area contributed by atoms with Gasteiger partial charge in [0.05, 0.1) is 6.61 Å². The smallest absolute Gasteiger partial charge is 0.222 e. The van der Waals surface area contributed by atoms with E-state index in [4.69, 9.17) is 4.74 Å². The van der Waals surface area contributed by atoms with Crippen molar-refractivity contribution in [3.05, 3.63) is 0 Å². The van der Waals surface area contributed by atoms with Crippen LogP contribution < -0.4 is 0 Å². The molecule has 0 N–H and O–H groups in total. The SMILES string of the molecule is CCOCCN(C)C(=O)CCCCCC(=O)CC. The van der Waals surface area contributed by atoms with Gasteiger partial charge in [0, 0.05) is 39.5 Å². The maximum Gasteiger partial charge on any atom is 0.222 e. The summed E-state index contributed by atoms with van der Waals surface area (Å²) < 4.78 is 5.20. The van der Waals surface area contributed by atoms with Crippen LogP contribution in [0, 0.1) is 0 Å². The molecule has 0 unspecified atom stereocenters. The van der Waals surface area contributed by atoms with Gasteiger partial charge < -0.3 is 9.64 Å². The van der Waals surface area contributed by atoms with Gasteiger partial charge in [0.1, 0.15) is 5.78 Å². The molecule has 0 aromatic rings. The van der Waals surface area contributed by atoms with Crippen molar-refractivity contribution in [2.45, 2.75) is 52.4 Å². The number of Topliss-reactive ketones (excluding diaryl/α,β-unsaturated/α-hetero) is 1. The Hall–Kier alpha value is -0.900. The van der Waals surface area contributed by atoms with E-state index in [9.17, 15) is 9.59 Å². The lowest BCUT2D eigenvalue weighted by Gasteiger charge is -2.16. The minimum Gasteiger partial charge on any atom is -0.380 e. The van der Waals surface area contributed by atoms with Gasteiger partial charge in [-0.1, -0.05) is 13.3 Å². The normalized spacial score (nSPS) is 10.4. The van der Waals surface area contributed by atoms with Crippen molar-refractivity contribution in [2.75, 3.05) is 26.8 Å². The molecule has 0 spiro atoms. The zero-order valence-electron chi connectivity index (χ0n) is 12.0. The molecule has 18 heavy (non-hydrogen) atoms. The molecule has 0 aliphatic heterocycles. The lowest BCUT2D eigenvalue weighted by atomic mass is 10.1. The molecule has 1 amide bonds. The first-order valence-corrected chi connectivity index (χ1v) is 6.95. The van der Waals surface area contributed by atoms with Crippen molar-refractivity contribution in [1.82, 2.24) is 4.90 Å². The number of rotatable bonds is 11. The molecule has 4 heteroatoms. The van der Waals surface area contributed by atoms with Gasteiger partial charge in [-0.25, -0.2) is 0 Å². The largest absolute Gasteiger partial charge is 0.380 e. The van der Waals surface area contributed by atoms with Crippen molar-refractivity contribution in [3.8, 4) is 0 Å². The summed E-state index contributed by atoms with van der Waals surface area (Å²) in [5.74, 6) is 0.478. The van der Waals surface area contributed by atoms with Gasteiger partial charge in [-0.05, 0) is 19.8 Å². The van der Waals surface area contributed by atoms with Crippen LogP contribution in [-0.2, 0) is 14.3 Å². The van der Waals surface area contributed by atoms with Gasteiger partial charge in [0.25, 0.3) is 0 Å². The van der Waals surface area contributed by atoms with Gasteiger partial charge >= 0.3 is 0 Å². The molecule has 0 saturated carbocycles. The molecular weight excluding hydrogens is 230 g/mol. The van der Waals surface area contributed by atoms with Gasteiger partial charge in [-0.2, -0.15) is 0 Å². The number of carbonyl (C=O) groups excluding carboxylic acids is 2. The molecule has 0 aliphatic rings. The third-order valence-corrected chi connectivity index (χ3v) is 2.94. The molecule has 0 rings (SSSR count). The Labute approximate surface area is 111 Å². The van der Waals surface area contributed by atoms with E-state index in [2.05, 4.69) is 0 Å². The van der Waals surface area contributed by atoms with Crippen molar-refractivity contribution >= 4 is 11.7 Å². The second-order valence-corrected chi connectivity index (χ2v) is 4.47. The average molecular weight is 257 g/mol. The number of ketones is 1. The third-order valence-electron chi connectivity index (χ3n) is 2.94. The molecule has 0 atom stereocenters. The predicted molar refractivity (Wildman–Crippen MR) is 72.5 cm³/mol. The molecule has 0 heterocycles. The minimum atomic E-state index is 0.163. The second kappa shape index (κ2) is 11.2. The Balaban J connectivity index is 3.48. The van der Waals surface area contributed by atoms with Crippen LogP contribution in [-0.4, -0.2) is 43.4 Å². The Bertz CT molecular complexity index is 241. The summed E-state index contributed by atoms with van der Waals surface area (Å²) in [5, 5.41) is 0. The molecule has 0 saturated heterocycles. The number of ether oxygens (including phenoxy) is 1. The summed E-state index contributed by atoms with van der Waals surface area (Å²) in [6.07, 6.45) is 4.58. The highest BCUT2D eigenvalue weighted by molar-refractivity contribution is 5.78. The average Bonchev–Trinajstić information content (AvgIpc) is 2.37. The number of likely N-dealkylation sites (N-methyl/N-ethyl adjacent to an activating group) is 1. The highest BCUT2D eigenvalue weighted by atomic mass is 16.5. The number of carbonyl (C=O) groups is 2. The number of hydrogen-bond donors (Lipinski definition) is 0. The van der Waals surface area contributed by atoms with E-state index in [1.807, 2.05) is 20.9 Å². The van der Waals surface area contributed by atoms with Crippen molar-refractivity contribution in [3.63, 3.8) is 0 Å². The van der Waals surface area contributed by atoms with Gasteiger partial charge in [0.15, 0.2) is 0 Å². The number of unbranched alkanes of at least 4 members (excludes halogenated alkanes) is 2. The van der Waals surface area contributed by atoms with E-state index in [-0.39, 0.29) is 5.91 Å². The molecule has 0 aromatic carbocycles.